The molecule has 35 heavy (non-hydrogen) atoms. The van der Waals surface area contributed by atoms with E-state index in [-0.39, 0.29) is 17.4 Å². The van der Waals surface area contributed by atoms with Gasteiger partial charge in [0.2, 0.25) is 0 Å². The Kier molecular flexibility index (Phi) is 10.5. The van der Waals surface area contributed by atoms with Gasteiger partial charge in [-0.2, -0.15) is 0 Å². The number of alkyl halides is 1. The van der Waals surface area contributed by atoms with E-state index in [1.165, 1.54) is 0 Å². The molecule has 0 aromatic heterocycles. The van der Waals surface area contributed by atoms with Crippen molar-refractivity contribution in [3.8, 4) is 23.0 Å². The molecule has 0 fully saturated rings. The molecule has 0 aliphatic rings. The fourth-order valence-corrected chi connectivity index (χ4v) is 3.84. The van der Waals surface area contributed by atoms with Gasteiger partial charge < -0.3 is 18.9 Å². The van der Waals surface area contributed by atoms with Gasteiger partial charge in [0.05, 0.1) is 19.2 Å². The van der Waals surface area contributed by atoms with Gasteiger partial charge in [-0.3, -0.25) is 4.79 Å². The zero-order valence-electron chi connectivity index (χ0n) is 19.8. The molecule has 3 aromatic rings. The van der Waals surface area contributed by atoms with Crippen LogP contribution in [0.15, 0.2) is 72.8 Å². The van der Waals surface area contributed by atoms with Gasteiger partial charge in [-0.15, -0.1) is 0 Å². The minimum atomic E-state index is -0.180. The first-order chi connectivity index (χ1) is 17.0. The number of hydrogen-bond acceptors (Lipinski definition) is 5. The molecule has 3 aromatic carbocycles. The zero-order valence-corrected chi connectivity index (χ0v) is 22.1. The maximum atomic E-state index is 12.8. The Morgan fingerprint density at radius 2 is 1.43 bits per heavy atom. The van der Waals surface area contributed by atoms with Gasteiger partial charge in [0.1, 0.15) is 24.7 Å². The molecule has 0 spiro atoms. The van der Waals surface area contributed by atoms with Crippen LogP contribution in [0.5, 0.6) is 23.0 Å². The van der Waals surface area contributed by atoms with Crippen LogP contribution in [-0.2, 0) is 13.2 Å². The van der Waals surface area contributed by atoms with Gasteiger partial charge >= 0.3 is 0 Å². The number of carbonyl (C=O) groups is 1. The summed E-state index contributed by atoms with van der Waals surface area (Å²) in [7, 11) is 3.24. The predicted octanol–water partition coefficient (Wildman–Crippen LogP) is 7.43. The summed E-state index contributed by atoms with van der Waals surface area (Å²) >= 11 is 10.1. The van der Waals surface area contributed by atoms with E-state index in [1.807, 2.05) is 54.6 Å². The predicted molar refractivity (Wildman–Crippen MR) is 143 cm³/mol. The number of methoxy groups -OCH3 is 2. The van der Waals surface area contributed by atoms with E-state index in [1.54, 1.807) is 32.4 Å². The second-order valence-electron chi connectivity index (χ2n) is 7.63. The van der Waals surface area contributed by atoms with Crippen molar-refractivity contribution in [2.45, 2.75) is 26.1 Å². The normalized spacial score (nSPS) is 10.9. The molecule has 5 nitrogen and oxygen atoms in total. The molecule has 0 atom stereocenters. The van der Waals surface area contributed by atoms with Crippen LogP contribution in [0.4, 0.5) is 0 Å². The minimum absolute atomic E-state index is 0.180. The van der Waals surface area contributed by atoms with Crippen molar-refractivity contribution in [1.29, 1.82) is 0 Å². The largest absolute Gasteiger partial charge is 0.497 e. The summed E-state index contributed by atoms with van der Waals surface area (Å²) in [6, 6.07) is 18.5. The molecule has 0 amide bonds. The van der Waals surface area contributed by atoms with Gasteiger partial charge in [-0.1, -0.05) is 57.9 Å². The number of halogens is 2. The number of carbonyl (C=O) groups excluding carboxylic acids is 1. The van der Waals surface area contributed by atoms with Crippen molar-refractivity contribution >= 4 is 33.3 Å². The molecule has 3 rings (SSSR count). The Morgan fingerprint density at radius 1 is 0.857 bits per heavy atom. The lowest BCUT2D eigenvalue weighted by molar-refractivity contribution is 0.104. The molecule has 0 unspecified atom stereocenters. The first-order valence-electron chi connectivity index (χ1n) is 11.2. The third-order valence-electron chi connectivity index (χ3n) is 5.20. The molecular weight excluding hydrogens is 532 g/mol. The molecular formula is C28H28BrClO5. The lowest BCUT2D eigenvalue weighted by atomic mass is 10.1. The Balaban J connectivity index is 1.82. The summed E-state index contributed by atoms with van der Waals surface area (Å²) in [5.74, 6) is 2.14. The summed E-state index contributed by atoms with van der Waals surface area (Å²) in [6.07, 6.45) is 5.16. The number of allylic oxidation sites excluding steroid dienone is 2. The van der Waals surface area contributed by atoms with Crippen molar-refractivity contribution in [3.63, 3.8) is 0 Å². The van der Waals surface area contributed by atoms with Crippen molar-refractivity contribution in [2.24, 2.45) is 0 Å². The fourth-order valence-electron chi connectivity index (χ4n) is 3.21. The molecule has 0 heterocycles. The molecule has 7 heteroatoms. The highest BCUT2D eigenvalue weighted by molar-refractivity contribution is 9.09. The zero-order chi connectivity index (χ0) is 25.0. The first kappa shape index (κ1) is 26.6. The van der Waals surface area contributed by atoms with Crippen LogP contribution in [0.2, 0.25) is 5.02 Å². The van der Waals surface area contributed by atoms with Gasteiger partial charge in [0.15, 0.2) is 17.3 Å². The quantitative estimate of drug-likeness (QED) is 0.0943. The number of benzene rings is 3. The van der Waals surface area contributed by atoms with Gasteiger partial charge in [-0.05, 0) is 66.4 Å². The van der Waals surface area contributed by atoms with E-state index < -0.39 is 0 Å². The van der Waals surface area contributed by atoms with Gasteiger partial charge in [0, 0.05) is 10.9 Å². The van der Waals surface area contributed by atoms with E-state index >= 15 is 0 Å². The monoisotopic (exact) mass is 558 g/mol. The van der Waals surface area contributed by atoms with Crippen LogP contribution < -0.4 is 18.9 Å². The SMILES string of the molecule is COc1ccc(COc2ccc(C(=O)/C=C\CCCBr)c(Cl)c2OCc2ccc(OC)cc2)cc1. The molecule has 0 aliphatic heterocycles. The molecule has 0 aliphatic carbocycles. The number of rotatable bonds is 13. The van der Waals surface area contributed by atoms with Crippen molar-refractivity contribution < 1.29 is 23.7 Å². The second-order valence-corrected chi connectivity index (χ2v) is 8.80. The molecule has 0 radical (unpaired) electrons. The average Bonchev–Trinajstić information content (AvgIpc) is 2.89. The molecule has 0 saturated carbocycles. The van der Waals surface area contributed by atoms with Gasteiger partial charge in [0.25, 0.3) is 0 Å². The highest BCUT2D eigenvalue weighted by atomic mass is 79.9. The van der Waals surface area contributed by atoms with Crippen LogP contribution in [0.25, 0.3) is 0 Å². The Hall–Kier alpha value is -2.96. The summed E-state index contributed by atoms with van der Waals surface area (Å²) in [5.41, 5.74) is 2.25. The van der Waals surface area contributed by atoms with Crippen LogP contribution in [-0.4, -0.2) is 25.3 Å². The minimum Gasteiger partial charge on any atom is -0.497 e. The molecule has 0 bridgehead atoms. The van der Waals surface area contributed by atoms with Crippen LogP contribution >= 0.6 is 27.5 Å². The lowest BCUT2D eigenvalue weighted by Gasteiger charge is -2.16. The third kappa shape index (κ3) is 7.77. The van der Waals surface area contributed by atoms with Crippen molar-refractivity contribution in [3.05, 3.63) is 94.5 Å². The average molecular weight is 560 g/mol. The molecule has 184 valence electrons. The molecule has 0 N–H and O–H groups in total. The topological polar surface area (TPSA) is 54.0 Å². The smallest absolute Gasteiger partial charge is 0.187 e. The van der Waals surface area contributed by atoms with Crippen LogP contribution in [0.1, 0.15) is 34.3 Å². The Labute approximate surface area is 219 Å². The standard InChI is InChI=1S/C28H28BrClO5/c1-32-22-11-7-20(8-12-22)18-34-26-16-15-24(25(31)6-4-3-5-17-29)27(30)28(26)35-19-21-9-13-23(33-2)14-10-21/h4,6-16H,3,5,17-19H2,1-2H3/b6-4-. The Morgan fingerprint density at radius 3 is 1.97 bits per heavy atom. The van der Waals surface area contributed by atoms with Crippen molar-refractivity contribution in [2.75, 3.05) is 19.5 Å². The van der Waals surface area contributed by atoms with E-state index in [2.05, 4.69) is 15.9 Å². The van der Waals surface area contributed by atoms with E-state index in [4.69, 9.17) is 30.5 Å². The first-order valence-corrected chi connectivity index (χ1v) is 12.7. The third-order valence-corrected chi connectivity index (χ3v) is 6.13. The maximum absolute atomic E-state index is 12.8. The summed E-state index contributed by atoms with van der Waals surface area (Å²) < 4.78 is 22.5. The summed E-state index contributed by atoms with van der Waals surface area (Å²) in [5, 5.41) is 1.11. The molecule has 0 saturated heterocycles. The van der Waals surface area contributed by atoms with E-state index in [0.29, 0.717) is 23.7 Å². The van der Waals surface area contributed by atoms with Crippen LogP contribution in [0.3, 0.4) is 0 Å². The number of unbranched alkanes of at least 4 members (excludes halogenated alkanes) is 1. The van der Waals surface area contributed by atoms with Crippen LogP contribution in [0, 0.1) is 0 Å². The van der Waals surface area contributed by atoms with E-state index in [9.17, 15) is 4.79 Å². The second kappa shape index (κ2) is 13.8. The van der Waals surface area contributed by atoms with E-state index in [0.717, 1.165) is 40.8 Å². The number of ketones is 1. The summed E-state index contributed by atoms with van der Waals surface area (Å²) in [6.45, 7) is 0.556. The highest BCUT2D eigenvalue weighted by Crippen LogP contribution is 2.39. The highest BCUT2D eigenvalue weighted by Gasteiger charge is 2.18. The van der Waals surface area contributed by atoms with Gasteiger partial charge in [-0.25, -0.2) is 0 Å². The summed E-state index contributed by atoms with van der Waals surface area (Å²) in [4.78, 5) is 12.8. The number of ether oxygens (including phenoxy) is 4. The van der Waals surface area contributed by atoms with Crippen molar-refractivity contribution in [1.82, 2.24) is 0 Å². The Bertz CT molecular complexity index is 1130. The number of hydrogen-bond donors (Lipinski definition) is 0. The lowest BCUT2D eigenvalue weighted by Crippen LogP contribution is -2.04. The maximum Gasteiger partial charge on any atom is 0.187 e. The fraction of sp³-hybridized carbons (Fsp3) is 0.250.